The van der Waals surface area contributed by atoms with Gasteiger partial charge in [0, 0.05) is 25.7 Å². The smallest absolute Gasteiger partial charge is 0.236 e. The van der Waals surface area contributed by atoms with Crippen molar-refractivity contribution in [1.29, 1.82) is 0 Å². The summed E-state index contributed by atoms with van der Waals surface area (Å²) in [5.74, 6) is 0.306. The van der Waals surface area contributed by atoms with Gasteiger partial charge in [-0.3, -0.25) is 9.69 Å². The van der Waals surface area contributed by atoms with Gasteiger partial charge in [0.1, 0.15) is 0 Å². The first-order valence-corrected chi connectivity index (χ1v) is 8.48. The molecule has 2 aliphatic rings. The van der Waals surface area contributed by atoms with Crippen molar-refractivity contribution in [3.8, 4) is 0 Å². The van der Waals surface area contributed by atoms with Crippen molar-refractivity contribution in [2.24, 2.45) is 0 Å². The minimum absolute atomic E-state index is 0.306. The predicted molar refractivity (Wildman–Crippen MR) is 82.8 cm³/mol. The lowest BCUT2D eigenvalue weighted by molar-refractivity contribution is -0.132. The van der Waals surface area contributed by atoms with Gasteiger partial charge in [0.25, 0.3) is 0 Å². The van der Waals surface area contributed by atoms with Crippen LogP contribution in [0.2, 0.25) is 0 Å². The van der Waals surface area contributed by atoms with Crippen LogP contribution in [0.5, 0.6) is 0 Å². The van der Waals surface area contributed by atoms with Gasteiger partial charge in [0.05, 0.1) is 6.54 Å². The fourth-order valence-electron chi connectivity index (χ4n) is 3.60. The number of amides is 1. The van der Waals surface area contributed by atoms with Crippen molar-refractivity contribution in [3.63, 3.8) is 0 Å². The van der Waals surface area contributed by atoms with Crippen molar-refractivity contribution in [1.82, 2.24) is 14.7 Å². The van der Waals surface area contributed by atoms with Crippen LogP contribution in [0.1, 0.15) is 46.0 Å². The molecule has 0 aromatic heterocycles. The van der Waals surface area contributed by atoms with Crippen LogP contribution in [0.15, 0.2) is 0 Å². The number of rotatable bonds is 6. The summed E-state index contributed by atoms with van der Waals surface area (Å²) in [6.07, 6.45) is 6.62. The van der Waals surface area contributed by atoms with Crippen molar-refractivity contribution in [2.75, 3.05) is 45.8 Å². The van der Waals surface area contributed by atoms with Gasteiger partial charge in [0.2, 0.25) is 5.91 Å². The third kappa shape index (κ3) is 4.19. The molecule has 2 aliphatic heterocycles. The molecule has 0 unspecified atom stereocenters. The summed E-state index contributed by atoms with van der Waals surface area (Å²) in [7, 11) is 0. The van der Waals surface area contributed by atoms with E-state index in [-0.39, 0.29) is 0 Å². The maximum absolute atomic E-state index is 12.3. The quantitative estimate of drug-likeness (QED) is 0.743. The van der Waals surface area contributed by atoms with Gasteiger partial charge in [0.15, 0.2) is 0 Å². The van der Waals surface area contributed by atoms with E-state index in [0.29, 0.717) is 18.5 Å². The maximum atomic E-state index is 12.3. The summed E-state index contributed by atoms with van der Waals surface area (Å²) in [4.78, 5) is 19.3. The van der Waals surface area contributed by atoms with Crippen molar-refractivity contribution < 1.29 is 4.79 Å². The summed E-state index contributed by atoms with van der Waals surface area (Å²) in [5, 5.41) is 0. The molecule has 0 spiro atoms. The Hall–Kier alpha value is -0.610. The number of likely N-dealkylation sites (tertiary alicyclic amines) is 2. The third-order valence-electron chi connectivity index (χ3n) is 4.87. The lowest BCUT2D eigenvalue weighted by Gasteiger charge is -2.33. The minimum atomic E-state index is 0.306. The number of carbonyl (C=O) groups is 1. The highest BCUT2D eigenvalue weighted by atomic mass is 16.2. The van der Waals surface area contributed by atoms with Gasteiger partial charge in [-0.05, 0) is 59.2 Å². The summed E-state index contributed by atoms with van der Waals surface area (Å²) in [6.45, 7) is 11.2. The van der Waals surface area contributed by atoms with Crippen LogP contribution >= 0.6 is 0 Å². The molecule has 0 N–H and O–H groups in total. The molecule has 20 heavy (non-hydrogen) atoms. The highest BCUT2D eigenvalue weighted by molar-refractivity contribution is 5.78. The van der Waals surface area contributed by atoms with Gasteiger partial charge in [-0.1, -0.05) is 6.42 Å². The molecular weight excluding hydrogens is 250 g/mol. The number of carbonyl (C=O) groups excluding carboxylic acids is 1. The van der Waals surface area contributed by atoms with E-state index in [2.05, 4.69) is 23.6 Å². The molecule has 4 heteroatoms. The number of hydrogen-bond acceptors (Lipinski definition) is 3. The topological polar surface area (TPSA) is 26.8 Å². The molecule has 0 aromatic carbocycles. The van der Waals surface area contributed by atoms with Crippen LogP contribution in [0.4, 0.5) is 0 Å². The van der Waals surface area contributed by atoms with Gasteiger partial charge in [-0.25, -0.2) is 0 Å². The van der Waals surface area contributed by atoms with Crippen LogP contribution in [0.3, 0.4) is 0 Å². The van der Waals surface area contributed by atoms with E-state index in [4.69, 9.17) is 0 Å². The van der Waals surface area contributed by atoms with Crippen LogP contribution in [-0.4, -0.2) is 72.5 Å². The fraction of sp³-hybridized carbons (Fsp3) is 0.938. The van der Waals surface area contributed by atoms with E-state index in [1.165, 1.54) is 51.7 Å². The second-order valence-electron chi connectivity index (χ2n) is 6.19. The monoisotopic (exact) mass is 281 g/mol. The largest absolute Gasteiger partial charge is 0.342 e. The Balaban J connectivity index is 1.82. The molecule has 2 heterocycles. The average molecular weight is 281 g/mol. The van der Waals surface area contributed by atoms with Gasteiger partial charge in [-0.2, -0.15) is 0 Å². The van der Waals surface area contributed by atoms with Gasteiger partial charge in [-0.15, -0.1) is 0 Å². The summed E-state index contributed by atoms with van der Waals surface area (Å²) >= 11 is 0. The third-order valence-corrected chi connectivity index (χ3v) is 4.87. The molecule has 1 atom stereocenters. The van der Waals surface area contributed by atoms with Gasteiger partial charge < -0.3 is 9.80 Å². The van der Waals surface area contributed by atoms with E-state index < -0.39 is 0 Å². The molecule has 4 nitrogen and oxygen atoms in total. The summed E-state index contributed by atoms with van der Waals surface area (Å²) in [5.41, 5.74) is 0. The Morgan fingerprint density at radius 1 is 1.05 bits per heavy atom. The molecule has 0 aromatic rings. The van der Waals surface area contributed by atoms with Crippen molar-refractivity contribution in [3.05, 3.63) is 0 Å². The van der Waals surface area contributed by atoms with E-state index >= 15 is 0 Å². The average Bonchev–Trinajstić information content (AvgIpc) is 2.88. The van der Waals surface area contributed by atoms with Gasteiger partial charge >= 0.3 is 0 Å². The first-order valence-electron chi connectivity index (χ1n) is 8.48. The Morgan fingerprint density at radius 2 is 1.75 bits per heavy atom. The lowest BCUT2D eigenvalue weighted by Crippen LogP contribution is -2.46. The zero-order valence-electron chi connectivity index (χ0n) is 13.3. The molecule has 1 amide bonds. The molecule has 2 saturated heterocycles. The second kappa shape index (κ2) is 7.99. The zero-order valence-corrected chi connectivity index (χ0v) is 13.3. The predicted octanol–water partition coefficient (Wildman–Crippen LogP) is 1.81. The Kier molecular flexibility index (Phi) is 6.30. The zero-order chi connectivity index (χ0) is 14.4. The Labute approximate surface area is 124 Å². The lowest BCUT2D eigenvalue weighted by atomic mass is 10.1. The number of nitrogens with zero attached hydrogens (tertiary/aromatic N) is 3. The maximum Gasteiger partial charge on any atom is 0.236 e. The summed E-state index contributed by atoms with van der Waals surface area (Å²) in [6, 6.07) is 0.604. The first-order chi connectivity index (χ1) is 9.74. The van der Waals surface area contributed by atoms with Crippen LogP contribution < -0.4 is 0 Å². The normalized spacial score (nSPS) is 25.0. The number of piperidine rings is 1. The van der Waals surface area contributed by atoms with Crippen LogP contribution in [0, 0.1) is 0 Å². The fourth-order valence-corrected chi connectivity index (χ4v) is 3.60. The molecule has 0 aliphatic carbocycles. The van der Waals surface area contributed by atoms with E-state index in [0.717, 1.165) is 19.6 Å². The molecule has 116 valence electrons. The highest BCUT2D eigenvalue weighted by Crippen LogP contribution is 2.20. The van der Waals surface area contributed by atoms with E-state index in [9.17, 15) is 4.79 Å². The van der Waals surface area contributed by atoms with Crippen molar-refractivity contribution in [2.45, 2.75) is 52.0 Å². The molecule has 2 rings (SSSR count). The SMILES string of the molecule is CCN(CC)C(=O)CN1CCC[C@H]1CN1CCCCC1. The minimum Gasteiger partial charge on any atom is -0.342 e. The summed E-state index contributed by atoms with van der Waals surface area (Å²) < 4.78 is 0. The van der Waals surface area contributed by atoms with E-state index in [1.54, 1.807) is 0 Å². The number of hydrogen-bond donors (Lipinski definition) is 0. The molecule has 0 radical (unpaired) electrons. The van der Waals surface area contributed by atoms with E-state index in [1.807, 2.05) is 4.90 Å². The Bertz CT molecular complexity index is 298. The highest BCUT2D eigenvalue weighted by Gasteiger charge is 2.29. The van der Waals surface area contributed by atoms with Crippen LogP contribution in [-0.2, 0) is 4.79 Å². The number of likely N-dealkylation sites (N-methyl/N-ethyl adjacent to an activating group) is 1. The molecule has 0 saturated carbocycles. The standard InChI is InChI=1S/C16H31N3O/c1-3-18(4-2)16(20)14-19-12-8-9-15(19)13-17-10-6-5-7-11-17/h15H,3-14H2,1-2H3/t15-/m0/s1. The molecular formula is C16H31N3O. The molecule has 2 fully saturated rings. The molecule has 0 bridgehead atoms. The van der Waals surface area contributed by atoms with Crippen LogP contribution in [0.25, 0.3) is 0 Å². The second-order valence-corrected chi connectivity index (χ2v) is 6.19. The first kappa shape index (κ1) is 15.8. The Morgan fingerprint density at radius 3 is 2.40 bits per heavy atom. The van der Waals surface area contributed by atoms with Crippen molar-refractivity contribution >= 4 is 5.91 Å².